The molecule has 1 atom stereocenters. The maximum Gasteiger partial charge on any atom is 0.253 e. The molecular formula is C19H20N4O2. The monoisotopic (exact) mass is 336 g/mol. The van der Waals surface area contributed by atoms with E-state index in [9.17, 15) is 4.79 Å². The summed E-state index contributed by atoms with van der Waals surface area (Å²) in [5.41, 5.74) is 2.46. The fraction of sp³-hybridized carbons (Fsp3) is 0.316. The largest absolute Gasteiger partial charge is 0.488 e. The number of nitrogens with zero attached hydrogens (tertiary/aromatic N) is 3. The van der Waals surface area contributed by atoms with Gasteiger partial charge in [-0.15, -0.1) is 0 Å². The van der Waals surface area contributed by atoms with Gasteiger partial charge < -0.3 is 15.0 Å². The van der Waals surface area contributed by atoms with Crippen molar-refractivity contribution < 1.29 is 9.53 Å². The first-order valence-electron chi connectivity index (χ1n) is 8.49. The Morgan fingerprint density at radius 2 is 2.20 bits per heavy atom. The second-order valence-electron chi connectivity index (χ2n) is 6.23. The van der Waals surface area contributed by atoms with Gasteiger partial charge in [-0.3, -0.25) is 9.78 Å². The number of rotatable bonds is 3. The summed E-state index contributed by atoms with van der Waals surface area (Å²) < 4.78 is 5.74. The molecule has 6 nitrogen and oxygen atoms in total. The molecule has 2 aliphatic heterocycles. The normalized spacial score (nSPS) is 19.0. The minimum Gasteiger partial charge on any atom is -0.488 e. The van der Waals surface area contributed by atoms with Gasteiger partial charge in [0.15, 0.2) is 0 Å². The molecule has 2 aromatic rings. The predicted octanol–water partition coefficient (Wildman–Crippen LogP) is 2.66. The van der Waals surface area contributed by atoms with Crippen LogP contribution in [0.25, 0.3) is 6.08 Å². The summed E-state index contributed by atoms with van der Waals surface area (Å²) in [5, 5.41) is 3.00. The fourth-order valence-electron chi connectivity index (χ4n) is 3.40. The van der Waals surface area contributed by atoms with E-state index in [1.165, 1.54) is 0 Å². The van der Waals surface area contributed by atoms with E-state index in [1.54, 1.807) is 12.4 Å². The van der Waals surface area contributed by atoms with E-state index in [0.29, 0.717) is 18.0 Å². The lowest BCUT2D eigenvalue weighted by atomic mass is 10.1. The highest BCUT2D eigenvalue weighted by Gasteiger charge is 2.33. The average Bonchev–Trinajstić information content (AvgIpc) is 3.17. The third kappa shape index (κ3) is 2.95. The molecule has 128 valence electrons. The zero-order valence-corrected chi connectivity index (χ0v) is 14.1. The number of anilines is 1. The highest BCUT2D eigenvalue weighted by Crippen LogP contribution is 2.34. The van der Waals surface area contributed by atoms with Gasteiger partial charge >= 0.3 is 0 Å². The average molecular weight is 336 g/mol. The van der Waals surface area contributed by atoms with Gasteiger partial charge in [-0.1, -0.05) is 18.2 Å². The molecule has 0 saturated carbocycles. The van der Waals surface area contributed by atoms with E-state index < -0.39 is 0 Å². The van der Waals surface area contributed by atoms with Crippen LogP contribution in [0.5, 0.6) is 5.75 Å². The summed E-state index contributed by atoms with van der Waals surface area (Å²) in [6.45, 7) is 1.04. The predicted molar refractivity (Wildman–Crippen MR) is 95.2 cm³/mol. The SMILES string of the molecule is CNc1cncc([C@H]2CCCN2C(=O)C2=Cc3ccccc3OC2)n1. The quantitative estimate of drug-likeness (QED) is 0.933. The van der Waals surface area contributed by atoms with Gasteiger partial charge in [0.2, 0.25) is 0 Å². The minimum absolute atomic E-state index is 0.0219. The molecule has 1 aromatic carbocycles. The molecule has 4 rings (SSSR count). The van der Waals surface area contributed by atoms with Crippen molar-refractivity contribution >= 4 is 17.8 Å². The van der Waals surface area contributed by atoms with E-state index in [0.717, 1.165) is 36.4 Å². The van der Waals surface area contributed by atoms with Crippen molar-refractivity contribution in [3.8, 4) is 5.75 Å². The third-order valence-electron chi connectivity index (χ3n) is 4.67. The van der Waals surface area contributed by atoms with Crippen molar-refractivity contribution in [3.63, 3.8) is 0 Å². The molecule has 1 saturated heterocycles. The third-order valence-corrected chi connectivity index (χ3v) is 4.67. The van der Waals surface area contributed by atoms with E-state index in [2.05, 4.69) is 15.3 Å². The maximum atomic E-state index is 13.1. The number of benzene rings is 1. The molecular weight excluding hydrogens is 316 g/mol. The van der Waals surface area contributed by atoms with Gasteiger partial charge in [0.25, 0.3) is 5.91 Å². The Morgan fingerprint density at radius 3 is 3.08 bits per heavy atom. The molecule has 1 N–H and O–H groups in total. The van der Waals surface area contributed by atoms with E-state index in [4.69, 9.17) is 4.74 Å². The van der Waals surface area contributed by atoms with E-state index >= 15 is 0 Å². The molecule has 1 aromatic heterocycles. The van der Waals surface area contributed by atoms with Gasteiger partial charge in [-0.05, 0) is 25.0 Å². The molecule has 25 heavy (non-hydrogen) atoms. The number of aromatic nitrogens is 2. The van der Waals surface area contributed by atoms with Gasteiger partial charge in [-0.2, -0.15) is 0 Å². The smallest absolute Gasteiger partial charge is 0.253 e. The number of ether oxygens (including phenoxy) is 1. The maximum absolute atomic E-state index is 13.1. The summed E-state index contributed by atoms with van der Waals surface area (Å²) in [5.74, 6) is 1.56. The van der Waals surface area contributed by atoms with E-state index in [-0.39, 0.29) is 11.9 Å². The number of likely N-dealkylation sites (tertiary alicyclic amines) is 1. The molecule has 1 amide bonds. The standard InChI is InChI=1S/C19H20N4O2/c1-20-18-11-21-10-15(22-18)16-6-4-8-23(16)19(24)14-9-13-5-2-3-7-17(13)25-12-14/h2-3,5,7,9-11,16H,4,6,8,12H2,1H3,(H,20,22)/t16-/m1/s1. The number of carbonyl (C=O) groups is 1. The van der Waals surface area contributed by atoms with Crippen molar-refractivity contribution in [1.29, 1.82) is 0 Å². The summed E-state index contributed by atoms with van der Waals surface area (Å²) in [7, 11) is 1.81. The van der Waals surface area contributed by atoms with Crippen LogP contribution in [0.1, 0.15) is 30.1 Å². The molecule has 0 bridgehead atoms. The van der Waals surface area contributed by atoms with Gasteiger partial charge in [0.1, 0.15) is 18.2 Å². The summed E-state index contributed by atoms with van der Waals surface area (Å²) in [4.78, 5) is 23.8. The summed E-state index contributed by atoms with van der Waals surface area (Å²) >= 11 is 0. The zero-order chi connectivity index (χ0) is 17.2. The van der Waals surface area contributed by atoms with Crippen LogP contribution in [0.4, 0.5) is 5.82 Å². The highest BCUT2D eigenvalue weighted by molar-refractivity contribution is 5.99. The van der Waals surface area contributed by atoms with Crippen molar-refractivity contribution in [2.75, 3.05) is 25.5 Å². The summed E-state index contributed by atoms with van der Waals surface area (Å²) in [6.07, 6.45) is 7.23. The number of carbonyl (C=O) groups excluding carboxylic acids is 1. The Labute approximate surface area is 146 Å². The molecule has 0 aliphatic carbocycles. The Kier molecular flexibility index (Phi) is 4.09. The van der Waals surface area contributed by atoms with Crippen molar-refractivity contribution in [2.24, 2.45) is 0 Å². The summed E-state index contributed by atoms with van der Waals surface area (Å²) in [6, 6.07) is 7.73. The van der Waals surface area contributed by atoms with Gasteiger partial charge in [-0.25, -0.2) is 4.98 Å². The van der Waals surface area contributed by atoms with Gasteiger partial charge in [0, 0.05) is 19.2 Å². The Bertz CT molecular complexity index is 834. The molecule has 0 spiro atoms. The number of fused-ring (bicyclic) bond motifs is 1. The van der Waals surface area contributed by atoms with E-state index in [1.807, 2.05) is 42.3 Å². The van der Waals surface area contributed by atoms with Crippen LogP contribution < -0.4 is 10.1 Å². The number of nitrogens with one attached hydrogen (secondary N) is 1. The lowest BCUT2D eigenvalue weighted by molar-refractivity contribution is -0.128. The topological polar surface area (TPSA) is 67.4 Å². The molecule has 2 aliphatic rings. The second kappa shape index (κ2) is 6.55. The van der Waals surface area contributed by atoms with Gasteiger partial charge in [0.05, 0.1) is 29.7 Å². The minimum atomic E-state index is -0.0358. The van der Waals surface area contributed by atoms with Crippen LogP contribution in [0.3, 0.4) is 0 Å². The zero-order valence-electron chi connectivity index (χ0n) is 14.1. The first-order chi connectivity index (χ1) is 12.3. The lowest BCUT2D eigenvalue weighted by Crippen LogP contribution is -2.34. The van der Waals surface area contributed by atoms with Crippen molar-refractivity contribution in [1.82, 2.24) is 14.9 Å². The van der Waals surface area contributed by atoms with Crippen LogP contribution in [0.15, 0.2) is 42.2 Å². The molecule has 1 fully saturated rings. The first kappa shape index (κ1) is 15.6. The number of para-hydroxylation sites is 1. The molecule has 6 heteroatoms. The number of hydrogen-bond donors (Lipinski definition) is 1. The molecule has 0 unspecified atom stereocenters. The Hall–Kier alpha value is -2.89. The molecule has 0 radical (unpaired) electrons. The fourth-order valence-corrected chi connectivity index (χ4v) is 3.40. The number of hydrogen-bond acceptors (Lipinski definition) is 5. The number of amides is 1. The van der Waals surface area contributed by atoms with Crippen LogP contribution in [0, 0.1) is 0 Å². The first-order valence-corrected chi connectivity index (χ1v) is 8.49. The molecule has 3 heterocycles. The highest BCUT2D eigenvalue weighted by atomic mass is 16.5. The van der Waals surface area contributed by atoms with Crippen LogP contribution >= 0.6 is 0 Å². The van der Waals surface area contributed by atoms with Crippen LogP contribution in [-0.4, -0.2) is 41.0 Å². The lowest BCUT2D eigenvalue weighted by Gasteiger charge is -2.27. The Morgan fingerprint density at radius 1 is 1.32 bits per heavy atom. The second-order valence-corrected chi connectivity index (χ2v) is 6.23. The van der Waals surface area contributed by atoms with Crippen LogP contribution in [-0.2, 0) is 4.79 Å². The van der Waals surface area contributed by atoms with Crippen molar-refractivity contribution in [2.45, 2.75) is 18.9 Å². The van der Waals surface area contributed by atoms with Crippen LogP contribution in [0.2, 0.25) is 0 Å². The Balaban J connectivity index is 1.60. The van der Waals surface area contributed by atoms with Crippen molar-refractivity contribution in [3.05, 3.63) is 53.5 Å².